The van der Waals surface area contributed by atoms with Crippen LogP contribution in [0.15, 0.2) is 66.9 Å². The number of hydrogen-bond acceptors (Lipinski definition) is 7. The van der Waals surface area contributed by atoms with Crippen LogP contribution in [-0.4, -0.2) is 79.6 Å². The summed E-state index contributed by atoms with van der Waals surface area (Å²) in [6, 6.07) is 16.6. The second kappa shape index (κ2) is 13.2. The number of methoxy groups -OCH3 is 1. The number of carbonyl (C=O) groups excluding carboxylic acids is 2. The summed E-state index contributed by atoms with van der Waals surface area (Å²) in [7, 11) is 3.62. The lowest BCUT2D eigenvalue weighted by atomic mass is 10.2. The van der Waals surface area contributed by atoms with Crippen molar-refractivity contribution in [3.8, 4) is 17.4 Å². The third-order valence-electron chi connectivity index (χ3n) is 6.15. The van der Waals surface area contributed by atoms with Crippen LogP contribution in [-0.2, 0) is 16.1 Å². The Labute approximate surface area is 227 Å². The molecule has 1 atom stereocenters. The number of nitrogens with one attached hydrogen (secondary N) is 1. The van der Waals surface area contributed by atoms with E-state index >= 15 is 0 Å². The summed E-state index contributed by atoms with van der Waals surface area (Å²) < 4.78 is 17.0. The molecule has 1 saturated heterocycles. The predicted octanol–water partition coefficient (Wildman–Crippen LogP) is 3.63. The van der Waals surface area contributed by atoms with Gasteiger partial charge in [0.15, 0.2) is 0 Å². The number of benzene rings is 2. The van der Waals surface area contributed by atoms with Gasteiger partial charge in [0.1, 0.15) is 23.1 Å². The van der Waals surface area contributed by atoms with Gasteiger partial charge < -0.3 is 29.3 Å². The Morgan fingerprint density at radius 2 is 1.79 bits per heavy atom. The maximum absolute atomic E-state index is 13.5. The molecule has 1 fully saturated rings. The fourth-order valence-electron chi connectivity index (χ4n) is 3.97. The van der Waals surface area contributed by atoms with E-state index in [1.165, 1.54) is 6.20 Å². The topological polar surface area (TPSA) is 93.2 Å². The quantitative estimate of drug-likeness (QED) is 0.421. The van der Waals surface area contributed by atoms with Gasteiger partial charge in [-0.2, -0.15) is 0 Å². The molecule has 0 bridgehead atoms. The highest BCUT2D eigenvalue weighted by atomic mass is 35.5. The van der Waals surface area contributed by atoms with Gasteiger partial charge in [-0.15, -0.1) is 0 Å². The predicted molar refractivity (Wildman–Crippen MR) is 144 cm³/mol. The number of aromatic nitrogens is 1. The van der Waals surface area contributed by atoms with Gasteiger partial charge in [-0.1, -0.05) is 23.7 Å². The Morgan fingerprint density at radius 3 is 2.53 bits per heavy atom. The van der Waals surface area contributed by atoms with E-state index in [1.807, 2.05) is 31.3 Å². The molecule has 0 spiro atoms. The Hall–Kier alpha value is -3.66. The standard InChI is InChI=1S/C28H31ClN4O5/c1-32-13-15-33(16-14-32)28(35)25(19-37-18-20-5-3-6-23(17-20)36-2)31-26(34)24-7-4-12-30-27(24)38-22-10-8-21(29)9-11-22/h3-12,17,25H,13-16,18-19H2,1-2H3,(H,31,34). The second-order valence-corrected chi connectivity index (χ2v) is 9.37. The molecule has 1 aromatic heterocycles. The van der Waals surface area contributed by atoms with Gasteiger partial charge in [-0.05, 0) is 61.1 Å². The zero-order valence-electron chi connectivity index (χ0n) is 21.4. The number of likely N-dealkylation sites (N-methyl/N-ethyl adjacent to an activating group) is 1. The maximum atomic E-state index is 13.5. The SMILES string of the molecule is COc1cccc(COCC(NC(=O)c2cccnc2Oc2ccc(Cl)cc2)C(=O)N2CCN(C)CC2)c1. The third kappa shape index (κ3) is 7.44. The fourth-order valence-corrected chi connectivity index (χ4v) is 4.10. The zero-order chi connectivity index (χ0) is 26.9. The lowest BCUT2D eigenvalue weighted by Crippen LogP contribution is -2.55. The lowest BCUT2D eigenvalue weighted by molar-refractivity contribution is -0.136. The van der Waals surface area contributed by atoms with Crippen molar-refractivity contribution >= 4 is 23.4 Å². The van der Waals surface area contributed by atoms with Crippen LogP contribution in [0.25, 0.3) is 0 Å². The monoisotopic (exact) mass is 538 g/mol. The summed E-state index contributed by atoms with van der Waals surface area (Å²) in [5.74, 6) is 0.638. The average Bonchev–Trinajstić information content (AvgIpc) is 2.94. The molecule has 10 heteroatoms. The molecule has 2 amide bonds. The summed E-state index contributed by atoms with van der Waals surface area (Å²) in [6.45, 7) is 2.95. The maximum Gasteiger partial charge on any atom is 0.257 e. The van der Waals surface area contributed by atoms with Gasteiger partial charge in [0.05, 0.1) is 20.3 Å². The molecule has 0 radical (unpaired) electrons. The first-order valence-corrected chi connectivity index (χ1v) is 12.7. The Balaban J connectivity index is 1.48. The van der Waals surface area contributed by atoms with Crippen LogP contribution in [0.1, 0.15) is 15.9 Å². The summed E-state index contributed by atoms with van der Waals surface area (Å²) in [4.78, 5) is 35.0. The van der Waals surface area contributed by atoms with Crippen molar-refractivity contribution in [3.63, 3.8) is 0 Å². The molecule has 9 nitrogen and oxygen atoms in total. The van der Waals surface area contributed by atoms with Gasteiger partial charge in [0.2, 0.25) is 11.8 Å². The van der Waals surface area contributed by atoms with Crippen molar-refractivity contribution < 1.29 is 23.8 Å². The Bertz CT molecular complexity index is 1230. The van der Waals surface area contributed by atoms with E-state index in [4.69, 9.17) is 25.8 Å². The molecule has 1 aliphatic rings. The summed E-state index contributed by atoms with van der Waals surface area (Å²) in [5, 5.41) is 3.42. The normalized spacial score (nSPS) is 14.6. The summed E-state index contributed by atoms with van der Waals surface area (Å²) >= 11 is 5.96. The van der Waals surface area contributed by atoms with E-state index in [-0.39, 0.29) is 30.6 Å². The van der Waals surface area contributed by atoms with Crippen molar-refractivity contribution in [3.05, 3.63) is 83.0 Å². The molecule has 0 saturated carbocycles. The molecule has 4 rings (SSSR count). The Morgan fingerprint density at radius 1 is 1.03 bits per heavy atom. The van der Waals surface area contributed by atoms with Crippen molar-refractivity contribution in [1.29, 1.82) is 0 Å². The van der Waals surface area contributed by atoms with Crippen LogP contribution in [0.5, 0.6) is 17.4 Å². The molecule has 1 aliphatic heterocycles. The minimum atomic E-state index is -0.889. The minimum absolute atomic E-state index is 0.00175. The highest BCUT2D eigenvalue weighted by molar-refractivity contribution is 6.30. The van der Waals surface area contributed by atoms with Crippen LogP contribution < -0.4 is 14.8 Å². The van der Waals surface area contributed by atoms with E-state index in [9.17, 15) is 9.59 Å². The molecule has 3 aromatic rings. The first-order chi connectivity index (χ1) is 18.4. The largest absolute Gasteiger partial charge is 0.497 e. The fraction of sp³-hybridized carbons (Fsp3) is 0.321. The second-order valence-electron chi connectivity index (χ2n) is 8.93. The number of nitrogens with zero attached hydrogens (tertiary/aromatic N) is 3. The van der Waals surface area contributed by atoms with E-state index in [1.54, 1.807) is 48.4 Å². The molecule has 1 unspecified atom stereocenters. The van der Waals surface area contributed by atoms with Crippen LogP contribution in [0.3, 0.4) is 0 Å². The zero-order valence-corrected chi connectivity index (χ0v) is 22.2. The van der Waals surface area contributed by atoms with E-state index in [2.05, 4.69) is 15.2 Å². The molecular weight excluding hydrogens is 508 g/mol. The number of piperazine rings is 1. The van der Waals surface area contributed by atoms with Gasteiger partial charge in [0.25, 0.3) is 5.91 Å². The molecule has 2 heterocycles. The van der Waals surface area contributed by atoms with Crippen molar-refractivity contribution in [2.75, 3.05) is 46.9 Å². The average molecular weight is 539 g/mol. The van der Waals surface area contributed by atoms with Crippen LogP contribution in [0.4, 0.5) is 0 Å². The third-order valence-corrected chi connectivity index (χ3v) is 6.40. The van der Waals surface area contributed by atoms with Gasteiger partial charge >= 0.3 is 0 Å². The smallest absolute Gasteiger partial charge is 0.257 e. The minimum Gasteiger partial charge on any atom is -0.497 e. The molecule has 2 aromatic carbocycles. The van der Waals surface area contributed by atoms with Gasteiger partial charge in [-0.3, -0.25) is 9.59 Å². The first-order valence-electron chi connectivity index (χ1n) is 12.3. The van der Waals surface area contributed by atoms with Crippen LogP contribution in [0.2, 0.25) is 5.02 Å². The number of ether oxygens (including phenoxy) is 3. The number of rotatable bonds is 10. The number of amides is 2. The first kappa shape index (κ1) is 27.4. The van der Waals surface area contributed by atoms with Gasteiger partial charge in [-0.25, -0.2) is 4.98 Å². The van der Waals surface area contributed by atoms with Crippen molar-refractivity contribution in [1.82, 2.24) is 20.1 Å². The van der Waals surface area contributed by atoms with Gasteiger partial charge in [0, 0.05) is 37.4 Å². The number of pyridine rings is 1. The van der Waals surface area contributed by atoms with E-state index < -0.39 is 11.9 Å². The van der Waals surface area contributed by atoms with Crippen LogP contribution >= 0.6 is 11.6 Å². The highest BCUT2D eigenvalue weighted by Gasteiger charge is 2.29. The number of carbonyl (C=O) groups is 2. The number of hydrogen-bond donors (Lipinski definition) is 1. The van der Waals surface area contributed by atoms with Crippen molar-refractivity contribution in [2.24, 2.45) is 0 Å². The molecule has 38 heavy (non-hydrogen) atoms. The highest BCUT2D eigenvalue weighted by Crippen LogP contribution is 2.24. The molecule has 0 aliphatic carbocycles. The lowest BCUT2D eigenvalue weighted by Gasteiger charge is -2.34. The summed E-state index contributed by atoms with van der Waals surface area (Å²) in [6.07, 6.45) is 1.53. The molecule has 1 N–H and O–H groups in total. The number of halogens is 1. The molecular formula is C28H31ClN4O5. The van der Waals surface area contributed by atoms with Crippen molar-refractivity contribution in [2.45, 2.75) is 12.6 Å². The summed E-state index contributed by atoms with van der Waals surface area (Å²) in [5.41, 5.74) is 1.10. The Kier molecular flexibility index (Phi) is 9.53. The van der Waals surface area contributed by atoms with E-state index in [0.29, 0.717) is 29.6 Å². The van der Waals surface area contributed by atoms with E-state index in [0.717, 1.165) is 18.7 Å². The molecule has 200 valence electrons. The van der Waals surface area contributed by atoms with Crippen LogP contribution in [0, 0.1) is 0 Å².